The van der Waals surface area contributed by atoms with Crippen molar-refractivity contribution in [2.45, 2.75) is 55.5 Å². The minimum absolute atomic E-state index is 0.00496. The first-order valence-electron chi connectivity index (χ1n) is 14.7. The molecule has 2 amide bonds. The zero-order chi connectivity index (χ0) is 31.3. The Hall–Kier alpha value is -3.75. The number of quaternary nitrogens is 1. The molecule has 0 radical (unpaired) electrons. The van der Waals surface area contributed by atoms with Crippen molar-refractivity contribution in [3.8, 4) is 11.8 Å². The standard InChI is InChI=1S/C33H33ClN4O5S/c1-21(39)38(44(41,42)26-10-12-30(43-2)25(17-26)19-35)29-11-9-23(32(40)37-20-24-5-3-4-6-28(24)34)18-27(29)33(13-15-36-16-14-33)31(38)22-7-8-22/h3-6,9-12,17-18,22,31,36H,7-8,13-16,20H2,1-2H3/p+1. The van der Waals surface area contributed by atoms with Gasteiger partial charge in [-0.05, 0) is 80.7 Å². The first kappa shape index (κ1) is 30.3. The van der Waals surface area contributed by atoms with Crippen molar-refractivity contribution in [2.75, 3.05) is 20.2 Å². The SMILES string of the molecule is COc1ccc(S(=O)(=O)[N+]2(C(C)=O)c3ccc(C(=O)NCc4ccccc4Cl)cc3C3(CCNCC3)C2C2CC2)cc1C#N. The summed E-state index contributed by atoms with van der Waals surface area (Å²) in [6, 6.07) is 17.9. The van der Waals surface area contributed by atoms with E-state index in [0.717, 1.165) is 24.0 Å². The Balaban J connectivity index is 1.53. The number of benzene rings is 3. The number of nitrogens with zero attached hydrogens (tertiary/aromatic N) is 2. The van der Waals surface area contributed by atoms with Crippen LogP contribution in [0.15, 0.2) is 65.6 Å². The van der Waals surface area contributed by atoms with Crippen LogP contribution in [0.4, 0.5) is 5.69 Å². The number of amides is 2. The summed E-state index contributed by atoms with van der Waals surface area (Å²) in [4.78, 5) is 27.5. The maximum atomic E-state index is 15.0. The second kappa shape index (κ2) is 11.3. The summed E-state index contributed by atoms with van der Waals surface area (Å²) in [6.45, 7) is 2.89. The van der Waals surface area contributed by atoms with Crippen LogP contribution in [0.3, 0.4) is 0 Å². The van der Waals surface area contributed by atoms with Crippen LogP contribution in [-0.2, 0) is 26.8 Å². The van der Waals surface area contributed by atoms with E-state index >= 15 is 8.42 Å². The van der Waals surface area contributed by atoms with E-state index in [1.165, 1.54) is 32.2 Å². The summed E-state index contributed by atoms with van der Waals surface area (Å²) >= 11 is 6.30. The van der Waals surface area contributed by atoms with Crippen LogP contribution in [-0.4, -0.2) is 46.5 Å². The van der Waals surface area contributed by atoms with Crippen LogP contribution in [0, 0.1) is 17.2 Å². The first-order valence-corrected chi connectivity index (χ1v) is 16.5. The number of carbonyl (C=O) groups is 2. The maximum absolute atomic E-state index is 15.0. The van der Waals surface area contributed by atoms with Gasteiger partial charge in [-0.2, -0.15) is 13.7 Å². The predicted molar refractivity (Wildman–Crippen MR) is 167 cm³/mol. The fraction of sp³-hybridized carbons (Fsp3) is 0.364. The van der Waals surface area contributed by atoms with E-state index in [4.69, 9.17) is 16.3 Å². The number of halogens is 1. The second-order valence-corrected chi connectivity index (χ2v) is 14.2. The number of piperidine rings is 1. The fourth-order valence-electron chi connectivity index (χ4n) is 7.46. The molecular formula is C33H34ClN4O5S+. The molecule has 1 spiro atoms. The minimum atomic E-state index is -4.44. The number of fused-ring (bicyclic) bond motifs is 2. The molecule has 1 saturated carbocycles. The highest BCUT2D eigenvalue weighted by Gasteiger charge is 2.73. The fourth-order valence-corrected chi connectivity index (χ4v) is 9.93. The van der Waals surface area contributed by atoms with E-state index in [1.807, 2.05) is 24.3 Å². The normalized spacial score (nSPS) is 22.2. The van der Waals surface area contributed by atoms with E-state index in [1.54, 1.807) is 24.3 Å². The molecule has 2 N–H and O–H groups in total. The van der Waals surface area contributed by atoms with Crippen molar-refractivity contribution in [1.29, 1.82) is 5.26 Å². The zero-order valence-electron chi connectivity index (χ0n) is 24.6. The lowest BCUT2D eigenvalue weighted by molar-refractivity contribution is -0.126. The number of hydrogen-bond donors (Lipinski definition) is 2. The van der Waals surface area contributed by atoms with Crippen LogP contribution in [0.1, 0.15) is 59.7 Å². The van der Waals surface area contributed by atoms with Gasteiger partial charge in [0.05, 0.1) is 25.0 Å². The van der Waals surface area contributed by atoms with Gasteiger partial charge >= 0.3 is 15.9 Å². The molecule has 3 aromatic carbocycles. The molecule has 9 nitrogen and oxygen atoms in total. The lowest BCUT2D eigenvalue weighted by Gasteiger charge is -2.43. The summed E-state index contributed by atoms with van der Waals surface area (Å²) in [5.41, 5.74) is 1.70. The molecule has 6 rings (SSSR count). The number of ether oxygens (including phenoxy) is 1. The van der Waals surface area contributed by atoms with Crippen molar-refractivity contribution in [3.63, 3.8) is 0 Å². The van der Waals surface area contributed by atoms with Crippen LogP contribution in [0.5, 0.6) is 5.75 Å². The van der Waals surface area contributed by atoms with Crippen LogP contribution in [0.2, 0.25) is 5.02 Å². The Labute approximate surface area is 262 Å². The molecule has 228 valence electrons. The van der Waals surface area contributed by atoms with Gasteiger partial charge in [0, 0.05) is 34.7 Å². The molecule has 2 heterocycles. The Morgan fingerprint density at radius 2 is 1.84 bits per heavy atom. The van der Waals surface area contributed by atoms with Gasteiger partial charge in [-0.25, -0.2) is 4.79 Å². The van der Waals surface area contributed by atoms with Crippen molar-refractivity contribution >= 4 is 39.1 Å². The maximum Gasteiger partial charge on any atom is 0.339 e. The number of sulfonamides is 1. The van der Waals surface area contributed by atoms with E-state index < -0.39 is 31.3 Å². The van der Waals surface area contributed by atoms with Gasteiger partial charge in [-0.3, -0.25) is 4.79 Å². The summed E-state index contributed by atoms with van der Waals surface area (Å²) in [6.07, 6.45) is 2.88. The second-order valence-electron chi connectivity index (χ2n) is 11.8. The quantitative estimate of drug-likeness (QED) is 0.358. The topological polar surface area (TPSA) is 125 Å². The molecule has 3 aromatic rings. The molecule has 0 aromatic heterocycles. The molecule has 11 heteroatoms. The van der Waals surface area contributed by atoms with Crippen LogP contribution in [0.25, 0.3) is 0 Å². The third kappa shape index (κ3) is 4.53. The molecule has 0 bridgehead atoms. The van der Waals surface area contributed by atoms with Gasteiger partial charge < -0.3 is 15.4 Å². The van der Waals surface area contributed by atoms with Crippen LogP contribution >= 0.6 is 11.6 Å². The lowest BCUT2D eigenvalue weighted by atomic mass is 9.68. The summed E-state index contributed by atoms with van der Waals surface area (Å²) in [5, 5.41) is 16.6. The highest BCUT2D eigenvalue weighted by Crippen LogP contribution is 2.62. The molecular weight excluding hydrogens is 600 g/mol. The molecule has 1 aliphatic carbocycles. The van der Waals surface area contributed by atoms with Gasteiger partial charge in [0.15, 0.2) is 5.69 Å². The molecule has 2 atom stereocenters. The number of nitrogens with one attached hydrogen (secondary N) is 2. The van der Waals surface area contributed by atoms with Gasteiger partial charge in [0.25, 0.3) is 5.91 Å². The Kier molecular flexibility index (Phi) is 7.79. The van der Waals surface area contributed by atoms with Crippen molar-refractivity contribution < 1.29 is 22.7 Å². The van der Waals surface area contributed by atoms with Crippen molar-refractivity contribution in [2.24, 2.45) is 5.92 Å². The lowest BCUT2D eigenvalue weighted by Crippen LogP contribution is -2.67. The average molecular weight is 634 g/mol. The van der Waals surface area contributed by atoms with Gasteiger partial charge in [0.1, 0.15) is 22.8 Å². The van der Waals surface area contributed by atoms with Gasteiger partial charge in [-0.1, -0.05) is 29.8 Å². The zero-order valence-corrected chi connectivity index (χ0v) is 26.2. The van der Waals surface area contributed by atoms with E-state index in [9.17, 15) is 14.9 Å². The number of rotatable bonds is 7. The van der Waals surface area contributed by atoms with Gasteiger partial charge in [-0.15, -0.1) is 3.89 Å². The highest BCUT2D eigenvalue weighted by atomic mass is 35.5. The number of hydrogen-bond acceptors (Lipinski definition) is 7. The monoisotopic (exact) mass is 633 g/mol. The summed E-state index contributed by atoms with van der Waals surface area (Å²) in [7, 11) is -3.02. The number of methoxy groups -OCH3 is 1. The molecule has 2 unspecified atom stereocenters. The number of nitriles is 1. The minimum Gasteiger partial charge on any atom is -0.495 e. The Morgan fingerprint density at radius 3 is 2.48 bits per heavy atom. The van der Waals surface area contributed by atoms with E-state index in [2.05, 4.69) is 10.6 Å². The van der Waals surface area contributed by atoms with E-state index in [-0.39, 0.29) is 34.6 Å². The molecule has 1 saturated heterocycles. The van der Waals surface area contributed by atoms with Crippen LogP contribution < -0.4 is 19.3 Å². The third-order valence-corrected chi connectivity index (χ3v) is 12.2. The predicted octanol–water partition coefficient (Wildman–Crippen LogP) is 4.81. The molecule has 2 fully saturated rings. The first-order chi connectivity index (χ1) is 21.1. The molecule has 3 aliphatic rings. The molecule has 2 aliphatic heterocycles. The molecule has 44 heavy (non-hydrogen) atoms. The Morgan fingerprint density at radius 1 is 1.11 bits per heavy atom. The summed E-state index contributed by atoms with van der Waals surface area (Å²) < 4.78 is 34.4. The smallest absolute Gasteiger partial charge is 0.339 e. The summed E-state index contributed by atoms with van der Waals surface area (Å²) in [5.74, 6) is -0.568. The van der Waals surface area contributed by atoms with Crippen molar-refractivity contribution in [3.05, 3.63) is 87.9 Å². The van der Waals surface area contributed by atoms with Gasteiger partial charge in [0.2, 0.25) is 0 Å². The average Bonchev–Trinajstić information content (AvgIpc) is 3.84. The Bertz CT molecular complexity index is 1810. The van der Waals surface area contributed by atoms with Crippen molar-refractivity contribution in [1.82, 2.24) is 14.5 Å². The number of carbonyl (C=O) groups excluding carboxylic acids is 2. The third-order valence-electron chi connectivity index (χ3n) is 9.51. The highest BCUT2D eigenvalue weighted by molar-refractivity contribution is 7.91. The van der Waals surface area contributed by atoms with E-state index in [0.29, 0.717) is 42.2 Å². The largest absolute Gasteiger partial charge is 0.495 e.